The van der Waals surface area contributed by atoms with Gasteiger partial charge in [-0.25, -0.2) is 0 Å². The lowest BCUT2D eigenvalue weighted by Crippen LogP contribution is -2.40. The molecule has 4 saturated carbocycles. The summed E-state index contributed by atoms with van der Waals surface area (Å²) in [5, 5.41) is 0. The Kier molecular flexibility index (Phi) is 5.01. The molecule has 5 rings (SSSR count). The molecule has 4 fully saturated rings. The Bertz CT molecular complexity index is 728. The van der Waals surface area contributed by atoms with Crippen molar-refractivity contribution in [2.24, 2.45) is 46.3 Å². The van der Waals surface area contributed by atoms with Crippen molar-refractivity contribution in [1.82, 2.24) is 0 Å². The van der Waals surface area contributed by atoms with Crippen molar-refractivity contribution in [3.05, 3.63) is 35.9 Å². The van der Waals surface area contributed by atoms with Crippen LogP contribution < -0.4 is 0 Å². The van der Waals surface area contributed by atoms with Gasteiger partial charge in [0, 0.05) is 0 Å². The lowest BCUT2D eigenvalue weighted by atomic mass is 9.38. The van der Waals surface area contributed by atoms with Gasteiger partial charge in [-0.2, -0.15) is 0 Å². The van der Waals surface area contributed by atoms with Crippen molar-refractivity contribution >= 4 is 6.92 Å². The predicted octanol–water partition coefficient (Wildman–Crippen LogP) is 7.90. The van der Waals surface area contributed by atoms with Gasteiger partial charge >= 0.3 is 6.92 Å². The zero-order valence-corrected chi connectivity index (χ0v) is 20.4. The Labute approximate surface area is 185 Å². The summed E-state index contributed by atoms with van der Waals surface area (Å²) in [6.45, 7) is 17.8. The van der Waals surface area contributed by atoms with E-state index >= 15 is 0 Å². The molecule has 4 aliphatic carbocycles. The predicted molar refractivity (Wildman–Crippen MR) is 128 cm³/mol. The van der Waals surface area contributed by atoms with Gasteiger partial charge in [0.15, 0.2) is 0 Å². The zero-order valence-electron chi connectivity index (χ0n) is 20.4. The van der Waals surface area contributed by atoms with Gasteiger partial charge in [0.1, 0.15) is 0 Å². The Morgan fingerprint density at radius 3 is 1.67 bits per heavy atom. The van der Waals surface area contributed by atoms with E-state index in [1.54, 1.807) is 0 Å². The molecule has 0 spiro atoms. The third-order valence-electron chi connectivity index (χ3n) is 10.8. The smallest absolute Gasteiger partial charge is 0.300 e. The third-order valence-corrected chi connectivity index (χ3v) is 10.8. The second-order valence-electron chi connectivity index (χ2n) is 12.9. The molecule has 0 bridgehead atoms. The fourth-order valence-electron chi connectivity index (χ4n) is 8.26. The summed E-state index contributed by atoms with van der Waals surface area (Å²) in [7, 11) is 0. The monoisotopic (exact) mass is 406 g/mol. The largest absolute Gasteiger partial charge is 0.429 e. The minimum Gasteiger partial charge on any atom is -0.429 e. The van der Waals surface area contributed by atoms with E-state index < -0.39 is 0 Å². The second kappa shape index (κ2) is 7.13. The van der Waals surface area contributed by atoms with Gasteiger partial charge in [-0.15, -0.1) is 0 Å². The molecule has 0 N–H and O–H groups in total. The minimum atomic E-state index is 0.186. The molecular weight excluding hydrogens is 363 g/mol. The standard InChI is InChI=1S/C28H43BO/c1-17-13-21-23(27(21,4)5)15-25(17)29(30-19(3)20-11-9-8-10-12-20)26-16-24-22(14-18(26)2)28(24,6)7/h8-12,17-19,21-26H,13-16H2,1-7H3/t17-,18-,19?,21+,22+,23-,24-,25-,26-/m1/s1. The van der Waals surface area contributed by atoms with E-state index in [2.05, 4.69) is 78.8 Å². The first-order valence-corrected chi connectivity index (χ1v) is 12.8. The maximum absolute atomic E-state index is 7.13. The Morgan fingerprint density at radius 1 is 0.767 bits per heavy atom. The van der Waals surface area contributed by atoms with Crippen molar-refractivity contribution in [3.63, 3.8) is 0 Å². The molecule has 164 valence electrons. The average molecular weight is 406 g/mol. The van der Waals surface area contributed by atoms with Crippen molar-refractivity contribution in [2.45, 2.75) is 91.9 Å². The number of benzene rings is 1. The molecule has 1 nitrogen and oxygen atoms in total. The van der Waals surface area contributed by atoms with Crippen LogP contribution >= 0.6 is 0 Å². The van der Waals surface area contributed by atoms with Crippen LogP contribution in [-0.2, 0) is 4.65 Å². The first kappa shape index (κ1) is 21.1. The summed E-state index contributed by atoms with van der Waals surface area (Å²) in [5.41, 5.74) is 2.48. The van der Waals surface area contributed by atoms with E-state index in [1.807, 2.05) is 0 Å². The van der Waals surface area contributed by atoms with Crippen LogP contribution in [0.2, 0.25) is 11.6 Å². The van der Waals surface area contributed by atoms with Crippen LogP contribution in [0, 0.1) is 46.3 Å². The van der Waals surface area contributed by atoms with Crippen LogP contribution in [0.3, 0.4) is 0 Å². The van der Waals surface area contributed by atoms with Crippen molar-refractivity contribution < 1.29 is 4.65 Å². The molecule has 0 radical (unpaired) electrons. The molecule has 1 aromatic carbocycles. The van der Waals surface area contributed by atoms with E-state index in [9.17, 15) is 0 Å². The van der Waals surface area contributed by atoms with Crippen LogP contribution in [0.1, 0.15) is 85.8 Å². The first-order valence-electron chi connectivity index (χ1n) is 12.8. The molecule has 30 heavy (non-hydrogen) atoms. The molecule has 4 aliphatic rings. The van der Waals surface area contributed by atoms with Gasteiger partial charge in [0.05, 0.1) is 6.10 Å². The molecule has 0 heterocycles. The molecule has 1 aromatic rings. The molecular formula is C28H43BO. The van der Waals surface area contributed by atoms with Crippen molar-refractivity contribution in [2.75, 3.05) is 0 Å². The highest BCUT2D eigenvalue weighted by Crippen LogP contribution is 2.71. The summed E-state index contributed by atoms with van der Waals surface area (Å²) in [6, 6.07) is 10.9. The van der Waals surface area contributed by atoms with Gasteiger partial charge in [-0.3, -0.25) is 0 Å². The summed E-state index contributed by atoms with van der Waals surface area (Å²) < 4.78 is 7.13. The highest BCUT2D eigenvalue weighted by molar-refractivity contribution is 6.55. The summed E-state index contributed by atoms with van der Waals surface area (Å²) in [4.78, 5) is 0. The second-order valence-corrected chi connectivity index (χ2v) is 12.9. The minimum absolute atomic E-state index is 0.186. The first-order chi connectivity index (χ1) is 14.1. The number of fused-ring (bicyclic) bond motifs is 2. The Hall–Kier alpha value is -0.755. The van der Waals surface area contributed by atoms with Gasteiger partial charge in [-0.05, 0) is 83.3 Å². The summed E-state index contributed by atoms with van der Waals surface area (Å²) in [5.74, 6) is 6.82. The van der Waals surface area contributed by atoms with Crippen molar-refractivity contribution in [1.29, 1.82) is 0 Å². The van der Waals surface area contributed by atoms with Crippen LogP contribution in [0.4, 0.5) is 0 Å². The van der Waals surface area contributed by atoms with Gasteiger partial charge < -0.3 is 4.65 Å². The highest BCUT2D eigenvalue weighted by atomic mass is 16.4. The Balaban J connectivity index is 1.41. The molecule has 2 heteroatoms. The van der Waals surface area contributed by atoms with Crippen LogP contribution in [0.5, 0.6) is 0 Å². The topological polar surface area (TPSA) is 9.23 Å². The number of rotatable bonds is 5. The van der Waals surface area contributed by atoms with Gasteiger partial charge in [0.2, 0.25) is 0 Å². The van der Waals surface area contributed by atoms with Gasteiger partial charge in [0.25, 0.3) is 0 Å². The third kappa shape index (κ3) is 3.31. The Morgan fingerprint density at radius 2 is 1.20 bits per heavy atom. The SMILES string of the molecule is CC(OB([C@@H]1C[C@@H]2[C@H](C[C@H]1C)C2(C)C)[C@@H]1C[C@@H]2[C@H](C[C@H]1C)C2(C)C)c1ccccc1. The molecule has 0 aliphatic heterocycles. The lowest BCUT2D eigenvalue weighted by Gasteiger charge is -2.41. The van der Waals surface area contributed by atoms with E-state index in [1.165, 1.54) is 31.2 Å². The average Bonchev–Trinajstić information content (AvgIpc) is 3.46. The van der Waals surface area contributed by atoms with Crippen LogP contribution in [0.25, 0.3) is 0 Å². The number of hydrogen-bond donors (Lipinski definition) is 0. The maximum atomic E-state index is 7.13. The normalized spacial score (nSPS) is 43.8. The number of hydrogen-bond acceptors (Lipinski definition) is 1. The van der Waals surface area contributed by atoms with E-state index in [0.29, 0.717) is 17.7 Å². The molecule has 0 aromatic heterocycles. The molecule has 0 amide bonds. The highest BCUT2D eigenvalue weighted by Gasteiger charge is 2.65. The molecule has 9 atom stereocenters. The van der Waals surface area contributed by atoms with E-state index in [0.717, 1.165) is 47.1 Å². The fourth-order valence-corrected chi connectivity index (χ4v) is 8.26. The summed E-state index contributed by atoms with van der Waals surface area (Å²) in [6.07, 6.45) is 5.81. The lowest BCUT2D eigenvalue weighted by molar-refractivity contribution is 0.186. The van der Waals surface area contributed by atoms with Crippen LogP contribution in [-0.4, -0.2) is 6.92 Å². The van der Waals surface area contributed by atoms with E-state index in [-0.39, 0.29) is 6.10 Å². The summed E-state index contributed by atoms with van der Waals surface area (Å²) >= 11 is 0. The van der Waals surface area contributed by atoms with E-state index in [4.69, 9.17) is 4.65 Å². The van der Waals surface area contributed by atoms with Crippen molar-refractivity contribution in [3.8, 4) is 0 Å². The maximum Gasteiger partial charge on any atom is 0.300 e. The zero-order chi connectivity index (χ0) is 21.4. The van der Waals surface area contributed by atoms with Crippen LogP contribution in [0.15, 0.2) is 30.3 Å². The molecule has 0 saturated heterocycles. The molecule has 1 unspecified atom stereocenters. The fraction of sp³-hybridized carbons (Fsp3) is 0.786. The quantitative estimate of drug-likeness (QED) is 0.452. The van der Waals surface area contributed by atoms with Gasteiger partial charge in [-0.1, -0.05) is 84.7 Å².